The molecule has 0 aliphatic carbocycles. The number of primary amides is 1. The average molecular weight is 309 g/mol. The summed E-state index contributed by atoms with van der Waals surface area (Å²) in [5, 5.41) is 4.18. The topological polar surface area (TPSA) is 86.3 Å². The lowest BCUT2D eigenvalue weighted by Crippen LogP contribution is -2.33. The number of methoxy groups -OCH3 is 1. The van der Waals surface area contributed by atoms with Crippen molar-refractivity contribution in [3.8, 4) is 11.4 Å². The molecule has 2 N–H and O–H groups in total. The van der Waals surface area contributed by atoms with Crippen LogP contribution in [-0.2, 0) is 0 Å². The second-order valence-corrected chi connectivity index (χ2v) is 4.68. The Bertz CT molecular complexity index is 799. The van der Waals surface area contributed by atoms with Gasteiger partial charge in [-0.15, -0.1) is 0 Å². The van der Waals surface area contributed by atoms with Crippen LogP contribution in [-0.4, -0.2) is 27.9 Å². The Morgan fingerprint density at radius 1 is 1.13 bits per heavy atom. The van der Waals surface area contributed by atoms with Crippen molar-refractivity contribution in [1.29, 1.82) is 0 Å². The Labute approximate surface area is 132 Å². The van der Waals surface area contributed by atoms with Crippen LogP contribution in [0.2, 0.25) is 0 Å². The number of ether oxygens (including phenoxy) is 1. The predicted molar refractivity (Wildman–Crippen MR) is 86.1 cm³/mol. The van der Waals surface area contributed by atoms with E-state index in [9.17, 15) is 4.79 Å². The standard InChI is InChI=1S/C16H15N5O2/c1-23-14-9-7-12(8-10-14)20(15(17)22)16-18-11-19-21(16)13-5-3-2-4-6-13/h2-11H,1H3,(H2,17,22). The molecule has 0 aliphatic rings. The molecule has 0 saturated heterocycles. The Balaban J connectivity index is 2.06. The van der Waals surface area contributed by atoms with Crippen molar-refractivity contribution in [3.63, 3.8) is 0 Å². The number of aromatic nitrogens is 3. The van der Waals surface area contributed by atoms with E-state index in [0.29, 0.717) is 17.4 Å². The average Bonchev–Trinajstić information content (AvgIpc) is 3.05. The molecule has 2 aromatic carbocycles. The molecule has 1 heterocycles. The summed E-state index contributed by atoms with van der Waals surface area (Å²) in [6.45, 7) is 0. The van der Waals surface area contributed by atoms with E-state index in [1.54, 1.807) is 36.1 Å². The number of carbonyl (C=O) groups is 1. The number of nitrogens with zero attached hydrogens (tertiary/aromatic N) is 4. The summed E-state index contributed by atoms with van der Waals surface area (Å²) in [5.41, 5.74) is 6.90. The number of urea groups is 1. The van der Waals surface area contributed by atoms with Gasteiger partial charge in [0.1, 0.15) is 12.1 Å². The van der Waals surface area contributed by atoms with Gasteiger partial charge in [-0.2, -0.15) is 14.8 Å². The first-order chi connectivity index (χ1) is 11.2. The summed E-state index contributed by atoms with van der Waals surface area (Å²) in [7, 11) is 1.58. The second-order valence-electron chi connectivity index (χ2n) is 4.68. The SMILES string of the molecule is COc1ccc(N(C(N)=O)c2ncnn2-c2ccccc2)cc1. The molecule has 0 bridgehead atoms. The molecule has 0 radical (unpaired) electrons. The zero-order chi connectivity index (χ0) is 16.2. The molecule has 0 fully saturated rings. The first-order valence-corrected chi connectivity index (χ1v) is 6.90. The summed E-state index contributed by atoms with van der Waals surface area (Å²) < 4.78 is 6.68. The van der Waals surface area contributed by atoms with Crippen molar-refractivity contribution in [3.05, 3.63) is 60.9 Å². The van der Waals surface area contributed by atoms with E-state index in [1.807, 2.05) is 30.3 Å². The second kappa shape index (κ2) is 6.18. The molecule has 2 amide bonds. The van der Waals surface area contributed by atoms with E-state index in [1.165, 1.54) is 11.2 Å². The summed E-state index contributed by atoms with van der Waals surface area (Å²) in [6, 6.07) is 15.7. The zero-order valence-corrected chi connectivity index (χ0v) is 12.5. The molecule has 116 valence electrons. The molecular formula is C16H15N5O2. The largest absolute Gasteiger partial charge is 0.497 e. The maximum Gasteiger partial charge on any atom is 0.326 e. The van der Waals surface area contributed by atoms with Gasteiger partial charge in [0.2, 0.25) is 5.95 Å². The molecule has 23 heavy (non-hydrogen) atoms. The first kappa shape index (κ1) is 14.6. The summed E-state index contributed by atoms with van der Waals surface area (Å²) >= 11 is 0. The van der Waals surface area contributed by atoms with Crippen LogP contribution in [0.25, 0.3) is 5.69 Å². The molecule has 0 aliphatic heterocycles. The monoisotopic (exact) mass is 309 g/mol. The molecular weight excluding hydrogens is 294 g/mol. The molecule has 3 aromatic rings. The molecule has 0 spiro atoms. The van der Waals surface area contributed by atoms with Gasteiger partial charge in [-0.1, -0.05) is 18.2 Å². The number of hydrogen-bond acceptors (Lipinski definition) is 4. The highest BCUT2D eigenvalue weighted by molar-refractivity contribution is 5.96. The van der Waals surface area contributed by atoms with Gasteiger partial charge in [0, 0.05) is 0 Å². The fourth-order valence-corrected chi connectivity index (χ4v) is 2.21. The van der Waals surface area contributed by atoms with E-state index >= 15 is 0 Å². The Kier molecular flexibility index (Phi) is 3.92. The van der Waals surface area contributed by atoms with Gasteiger partial charge >= 0.3 is 6.03 Å². The predicted octanol–water partition coefficient (Wildman–Crippen LogP) is 2.49. The molecule has 0 atom stereocenters. The van der Waals surface area contributed by atoms with Gasteiger partial charge in [-0.05, 0) is 36.4 Å². The molecule has 1 aromatic heterocycles. The molecule has 0 saturated carbocycles. The number of nitrogens with two attached hydrogens (primary N) is 1. The van der Waals surface area contributed by atoms with Crippen molar-refractivity contribution in [2.45, 2.75) is 0 Å². The summed E-state index contributed by atoms with van der Waals surface area (Å²) in [5.74, 6) is 0.997. The van der Waals surface area contributed by atoms with Crippen molar-refractivity contribution in [1.82, 2.24) is 14.8 Å². The van der Waals surface area contributed by atoms with Gasteiger partial charge in [0.25, 0.3) is 0 Å². The quantitative estimate of drug-likeness (QED) is 0.802. The van der Waals surface area contributed by atoms with Gasteiger partial charge in [-0.25, -0.2) is 9.69 Å². The Hall–Kier alpha value is -3.35. The van der Waals surface area contributed by atoms with Crippen molar-refractivity contribution >= 4 is 17.7 Å². The van der Waals surface area contributed by atoms with Gasteiger partial charge < -0.3 is 10.5 Å². The number of carbonyl (C=O) groups excluding carboxylic acids is 1. The smallest absolute Gasteiger partial charge is 0.326 e. The Morgan fingerprint density at radius 3 is 2.43 bits per heavy atom. The van der Waals surface area contributed by atoms with E-state index < -0.39 is 6.03 Å². The first-order valence-electron chi connectivity index (χ1n) is 6.90. The minimum absolute atomic E-state index is 0.314. The van der Waals surface area contributed by atoms with Crippen molar-refractivity contribution < 1.29 is 9.53 Å². The normalized spacial score (nSPS) is 10.3. The fourth-order valence-electron chi connectivity index (χ4n) is 2.21. The molecule has 0 unspecified atom stereocenters. The zero-order valence-electron chi connectivity index (χ0n) is 12.5. The van der Waals surface area contributed by atoms with Crippen LogP contribution in [0.5, 0.6) is 5.75 Å². The van der Waals surface area contributed by atoms with Gasteiger partial charge in [0.15, 0.2) is 0 Å². The van der Waals surface area contributed by atoms with Crippen LogP contribution in [0.4, 0.5) is 16.4 Å². The van der Waals surface area contributed by atoms with Crippen LogP contribution < -0.4 is 15.4 Å². The highest BCUT2D eigenvalue weighted by Gasteiger charge is 2.21. The van der Waals surface area contributed by atoms with E-state index in [2.05, 4.69) is 10.1 Å². The number of benzene rings is 2. The third kappa shape index (κ3) is 2.84. The van der Waals surface area contributed by atoms with Crippen LogP contribution in [0.15, 0.2) is 60.9 Å². The van der Waals surface area contributed by atoms with E-state index in [-0.39, 0.29) is 0 Å². The summed E-state index contributed by atoms with van der Waals surface area (Å²) in [6.07, 6.45) is 1.38. The number of hydrogen-bond donors (Lipinski definition) is 1. The highest BCUT2D eigenvalue weighted by atomic mass is 16.5. The number of para-hydroxylation sites is 1. The molecule has 7 nitrogen and oxygen atoms in total. The maximum atomic E-state index is 12.0. The van der Waals surface area contributed by atoms with Crippen LogP contribution in [0.3, 0.4) is 0 Å². The number of amides is 2. The number of anilines is 2. The fraction of sp³-hybridized carbons (Fsp3) is 0.0625. The molecule has 7 heteroatoms. The lowest BCUT2D eigenvalue weighted by molar-refractivity contribution is 0.255. The van der Waals surface area contributed by atoms with Gasteiger partial charge in [-0.3, -0.25) is 0 Å². The van der Waals surface area contributed by atoms with Crippen LogP contribution in [0.1, 0.15) is 0 Å². The van der Waals surface area contributed by atoms with Crippen molar-refractivity contribution in [2.24, 2.45) is 5.73 Å². The summed E-state index contributed by atoms with van der Waals surface area (Å²) in [4.78, 5) is 17.4. The lowest BCUT2D eigenvalue weighted by atomic mass is 10.3. The van der Waals surface area contributed by atoms with Gasteiger partial charge in [0.05, 0.1) is 18.5 Å². The minimum Gasteiger partial charge on any atom is -0.497 e. The van der Waals surface area contributed by atoms with E-state index in [0.717, 1.165) is 5.69 Å². The number of rotatable bonds is 4. The molecule has 3 rings (SSSR count). The highest BCUT2D eigenvalue weighted by Crippen LogP contribution is 2.26. The third-order valence-corrected chi connectivity index (χ3v) is 3.28. The lowest BCUT2D eigenvalue weighted by Gasteiger charge is -2.20. The van der Waals surface area contributed by atoms with E-state index in [4.69, 9.17) is 10.5 Å². The Morgan fingerprint density at radius 2 is 1.83 bits per heavy atom. The van der Waals surface area contributed by atoms with Crippen LogP contribution in [0, 0.1) is 0 Å². The maximum absolute atomic E-state index is 12.0. The third-order valence-electron chi connectivity index (χ3n) is 3.28. The van der Waals surface area contributed by atoms with Crippen molar-refractivity contribution in [2.75, 3.05) is 12.0 Å². The van der Waals surface area contributed by atoms with Crippen LogP contribution >= 0.6 is 0 Å². The minimum atomic E-state index is -0.652.